The normalized spacial score (nSPS) is 11.6. The number of thiophene rings is 1. The fourth-order valence-corrected chi connectivity index (χ4v) is 6.32. The van der Waals surface area contributed by atoms with Crippen LogP contribution in [0.3, 0.4) is 0 Å². The van der Waals surface area contributed by atoms with Gasteiger partial charge >= 0.3 is 0 Å². The minimum absolute atomic E-state index is 0.0650. The van der Waals surface area contributed by atoms with E-state index >= 15 is 0 Å². The minimum atomic E-state index is -3.84. The average molecular weight is 481 g/mol. The smallest absolute Gasteiger partial charge is 0.264 e. The quantitative estimate of drug-likeness (QED) is 0.610. The van der Waals surface area contributed by atoms with Gasteiger partial charge < -0.3 is 5.73 Å². The molecule has 2 rings (SSSR count). The molecule has 4 nitrogen and oxygen atoms in total. The Hall–Kier alpha value is 0.01000. The van der Waals surface area contributed by atoms with Crippen molar-refractivity contribution in [2.75, 3.05) is 10.5 Å². The summed E-state index contributed by atoms with van der Waals surface area (Å²) < 4.78 is 28.5. The second-order valence-corrected chi connectivity index (χ2v) is 9.30. The van der Waals surface area contributed by atoms with Crippen molar-refractivity contribution in [1.82, 2.24) is 0 Å². The molecule has 0 fully saturated rings. The van der Waals surface area contributed by atoms with Crippen LogP contribution in [0.2, 0.25) is 8.67 Å². The largest absolute Gasteiger partial charge is 0.399 e. The second-order valence-electron chi connectivity index (χ2n) is 3.65. The first kappa shape index (κ1) is 16.4. The van der Waals surface area contributed by atoms with Gasteiger partial charge in [-0.1, -0.05) is 23.2 Å². The van der Waals surface area contributed by atoms with Crippen LogP contribution in [-0.2, 0) is 10.0 Å². The van der Waals surface area contributed by atoms with Crippen molar-refractivity contribution in [3.8, 4) is 0 Å². The molecule has 108 valence electrons. The van der Waals surface area contributed by atoms with Gasteiger partial charge in [-0.25, -0.2) is 8.42 Å². The predicted octanol–water partition coefficient (Wildman–Crippen LogP) is 4.96. The summed E-state index contributed by atoms with van der Waals surface area (Å²) in [7, 11) is -3.84. The highest BCUT2D eigenvalue weighted by Gasteiger charge is 2.23. The molecule has 0 saturated heterocycles. The molecule has 3 N–H and O–H groups in total. The molecule has 10 heteroatoms. The number of nitrogens with one attached hydrogen (secondary N) is 1. The molecule has 0 unspecified atom stereocenters. The zero-order valence-electron chi connectivity index (χ0n) is 9.45. The van der Waals surface area contributed by atoms with E-state index in [1.807, 2.05) is 0 Å². The molecule has 0 amide bonds. The molecule has 0 saturated carbocycles. The van der Waals surface area contributed by atoms with Gasteiger partial charge in [-0.05, 0) is 50.1 Å². The van der Waals surface area contributed by atoms with E-state index in [2.05, 4.69) is 36.6 Å². The van der Waals surface area contributed by atoms with Crippen molar-refractivity contribution in [2.24, 2.45) is 0 Å². The maximum Gasteiger partial charge on any atom is 0.264 e. The van der Waals surface area contributed by atoms with Crippen molar-refractivity contribution in [3.63, 3.8) is 0 Å². The summed E-state index contributed by atoms with van der Waals surface area (Å²) in [5.41, 5.74) is 6.48. The Morgan fingerprint density at radius 1 is 1.15 bits per heavy atom. The molecule has 0 bridgehead atoms. The van der Waals surface area contributed by atoms with Crippen LogP contribution in [0.4, 0.5) is 11.4 Å². The molecule has 0 spiro atoms. The van der Waals surface area contributed by atoms with Crippen LogP contribution in [0.1, 0.15) is 0 Å². The maximum absolute atomic E-state index is 12.3. The first-order chi connectivity index (χ1) is 9.20. The number of benzene rings is 1. The lowest BCUT2D eigenvalue weighted by Crippen LogP contribution is -2.13. The van der Waals surface area contributed by atoms with Gasteiger partial charge in [-0.15, -0.1) is 11.3 Å². The zero-order chi connectivity index (χ0) is 15.1. The third kappa shape index (κ3) is 3.42. The minimum Gasteiger partial charge on any atom is -0.399 e. The van der Waals surface area contributed by atoms with Crippen LogP contribution < -0.4 is 10.5 Å². The topological polar surface area (TPSA) is 72.2 Å². The molecule has 0 radical (unpaired) electrons. The summed E-state index contributed by atoms with van der Waals surface area (Å²) >= 11 is 19.1. The number of rotatable bonds is 3. The summed E-state index contributed by atoms with van der Waals surface area (Å²) in [6.45, 7) is 0. The Bertz CT molecular complexity index is 755. The highest BCUT2D eigenvalue weighted by Crippen LogP contribution is 2.38. The number of anilines is 2. The van der Waals surface area contributed by atoms with Crippen LogP contribution >= 0.6 is 66.4 Å². The molecule has 0 aliphatic carbocycles. The first-order valence-corrected chi connectivity index (χ1v) is 9.57. The molecule has 2 aromatic rings. The molecule has 1 heterocycles. The molecule has 0 atom stereocenters. The predicted molar refractivity (Wildman–Crippen MR) is 91.4 cm³/mol. The Morgan fingerprint density at radius 3 is 2.15 bits per heavy atom. The van der Waals surface area contributed by atoms with Crippen LogP contribution in [0, 0.1) is 0 Å². The van der Waals surface area contributed by atoms with Crippen molar-refractivity contribution in [1.29, 1.82) is 0 Å². The van der Waals surface area contributed by atoms with Gasteiger partial charge in [0.2, 0.25) is 0 Å². The van der Waals surface area contributed by atoms with E-state index in [4.69, 9.17) is 28.9 Å². The van der Waals surface area contributed by atoms with Crippen LogP contribution in [0.15, 0.2) is 32.0 Å². The summed E-state index contributed by atoms with van der Waals surface area (Å²) in [4.78, 5) is -0.0650. The number of sulfonamides is 1. The van der Waals surface area contributed by atoms with Gasteiger partial charge in [0, 0.05) is 14.6 Å². The number of hydrogen-bond acceptors (Lipinski definition) is 4. The van der Waals surface area contributed by atoms with Crippen molar-refractivity contribution < 1.29 is 8.42 Å². The lowest BCUT2D eigenvalue weighted by atomic mass is 10.3. The van der Waals surface area contributed by atoms with Gasteiger partial charge in [0.15, 0.2) is 0 Å². The highest BCUT2D eigenvalue weighted by molar-refractivity contribution is 9.11. The molecular formula is C10H6Br2Cl2N2O2S2. The number of halogens is 4. The van der Waals surface area contributed by atoms with Crippen LogP contribution in [-0.4, -0.2) is 8.42 Å². The lowest BCUT2D eigenvalue weighted by Gasteiger charge is -2.11. The fourth-order valence-electron chi connectivity index (χ4n) is 1.39. The Labute approximate surface area is 146 Å². The molecule has 0 aliphatic rings. The number of nitrogens with two attached hydrogens (primary N) is 1. The lowest BCUT2D eigenvalue weighted by molar-refractivity contribution is 0.601. The summed E-state index contributed by atoms with van der Waals surface area (Å²) in [5, 5.41) is 0. The van der Waals surface area contributed by atoms with Gasteiger partial charge in [-0.3, -0.25) is 4.72 Å². The monoisotopic (exact) mass is 478 g/mol. The Balaban J connectivity index is 2.46. The van der Waals surface area contributed by atoms with E-state index < -0.39 is 10.0 Å². The molecular weight excluding hydrogens is 475 g/mol. The number of hydrogen-bond donors (Lipinski definition) is 2. The van der Waals surface area contributed by atoms with Gasteiger partial charge in [0.1, 0.15) is 9.23 Å². The van der Waals surface area contributed by atoms with Gasteiger partial charge in [0.05, 0.1) is 10.0 Å². The highest BCUT2D eigenvalue weighted by atomic mass is 79.9. The van der Waals surface area contributed by atoms with Crippen molar-refractivity contribution >= 4 is 87.8 Å². The van der Waals surface area contributed by atoms with Gasteiger partial charge in [0.25, 0.3) is 10.0 Å². The first-order valence-electron chi connectivity index (χ1n) is 4.93. The van der Waals surface area contributed by atoms with E-state index in [0.29, 0.717) is 24.7 Å². The Morgan fingerprint density at radius 2 is 1.70 bits per heavy atom. The van der Waals surface area contributed by atoms with Crippen molar-refractivity contribution in [3.05, 3.63) is 35.8 Å². The van der Waals surface area contributed by atoms with E-state index in [9.17, 15) is 8.42 Å². The molecule has 0 aliphatic heterocycles. The van der Waals surface area contributed by atoms with Crippen LogP contribution in [0.25, 0.3) is 0 Å². The van der Waals surface area contributed by atoms with E-state index in [1.54, 1.807) is 12.1 Å². The fraction of sp³-hybridized carbons (Fsp3) is 0. The van der Waals surface area contributed by atoms with Gasteiger partial charge in [-0.2, -0.15) is 0 Å². The zero-order valence-corrected chi connectivity index (χ0v) is 15.8. The van der Waals surface area contributed by atoms with Crippen LogP contribution in [0.5, 0.6) is 0 Å². The third-order valence-corrected chi connectivity index (χ3v) is 6.57. The number of nitrogen functional groups attached to an aromatic ring is 1. The maximum atomic E-state index is 12.3. The molecule has 20 heavy (non-hydrogen) atoms. The Kier molecular flexibility index (Phi) is 4.93. The third-order valence-electron chi connectivity index (χ3n) is 2.22. The molecule has 1 aromatic carbocycles. The van der Waals surface area contributed by atoms with E-state index in [1.165, 1.54) is 6.07 Å². The average Bonchev–Trinajstić information content (AvgIpc) is 2.64. The summed E-state index contributed by atoms with van der Waals surface area (Å²) in [6, 6.07) is 4.48. The van der Waals surface area contributed by atoms with Crippen molar-refractivity contribution in [2.45, 2.75) is 4.90 Å². The van der Waals surface area contributed by atoms with E-state index in [-0.39, 0.29) is 9.23 Å². The van der Waals surface area contributed by atoms with E-state index in [0.717, 1.165) is 11.3 Å². The summed E-state index contributed by atoms with van der Waals surface area (Å²) in [5.74, 6) is 0. The standard InChI is InChI=1S/C10H6Br2Cl2N2O2S2/c11-5-1-4(15)2-6(12)9(5)16-20(17,18)7-3-8(13)19-10(7)14/h1-3,16H,15H2. The second kappa shape index (κ2) is 6.02. The SMILES string of the molecule is Nc1cc(Br)c(NS(=O)(=O)c2cc(Cl)sc2Cl)c(Br)c1. The molecule has 1 aromatic heterocycles. The summed E-state index contributed by atoms with van der Waals surface area (Å²) in [6.07, 6.45) is 0.